The Morgan fingerprint density at radius 1 is 1.33 bits per heavy atom. The molecule has 0 unspecified atom stereocenters. The van der Waals surface area contributed by atoms with Crippen LogP contribution in [0.15, 0.2) is 6.07 Å². The van der Waals surface area contributed by atoms with Crippen LogP contribution in [0.25, 0.3) is 0 Å². The summed E-state index contributed by atoms with van der Waals surface area (Å²) in [7, 11) is 5.62. The van der Waals surface area contributed by atoms with E-state index in [0.29, 0.717) is 11.0 Å². The van der Waals surface area contributed by atoms with Gasteiger partial charge in [-0.1, -0.05) is 18.5 Å². The van der Waals surface area contributed by atoms with Gasteiger partial charge >= 0.3 is 0 Å². The molecule has 0 heterocycles. The molecule has 0 nitrogen and oxygen atoms in total. The number of benzene rings is 1. The predicted octanol–water partition coefficient (Wildman–Crippen LogP) is 1.80. The van der Waals surface area contributed by atoms with Crippen molar-refractivity contribution in [2.24, 2.45) is 0 Å². The fourth-order valence-corrected chi connectivity index (χ4v) is 1.50. The Hall–Kier alpha value is -0.785. The SMILES string of the molecule is [B]c1c(F)c(C)cc(C)c1CC. The molecule has 2 radical (unpaired) electrons. The van der Waals surface area contributed by atoms with Crippen molar-refractivity contribution >= 4 is 13.3 Å². The molecule has 0 bridgehead atoms. The highest BCUT2D eigenvalue weighted by molar-refractivity contribution is 6.33. The Morgan fingerprint density at radius 2 is 1.92 bits per heavy atom. The number of aryl methyl sites for hydroxylation is 2. The van der Waals surface area contributed by atoms with Crippen LogP contribution in [0.4, 0.5) is 4.39 Å². The third kappa shape index (κ3) is 1.38. The molecule has 0 saturated carbocycles. The minimum atomic E-state index is -0.266. The van der Waals surface area contributed by atoms with Crippen molar-refractivity contribution in [1.82, 2.24) is 0 Å². The zero-order valence-electron chi connectivity index (χ0n) is 7.74. The summed E-state index contributed by atoms with van der Waals surface area (Å²) in [6.07, 6.45) is 0.787. The fourth-order valence-electron chi connectivity index (χ4n) is 1.50. The number of hydrogen-bond donors (Lipinski definition) is 0. The first-order valence-corrected chi connectivity index (χ1v) is 4.12. The van der Waals surface area contributed by atoms with Gasteiger partial charge < -0.3 is 0 Å². The van der Waals surface area contributed by atoms with Crippen molar-refractivity contribution in [3.8, 4) is 0 Å². The van der Waals surface area contributed by atoms with Crippen LogP contribution in [-0.4, -0.2) is 7.85 Å². The van der Waals surface area contributed by atoms with Crippen molar-refractivity contribution in [1.29, 1.82) is 0 Å². The summed E-state index contributed by atoms with van der Waals surface area (Å²) in [4.78, 5) is 0. The fraction of sp³-hybridized carbons (Fsp3) is 0.400. The van der Waals surface area contributed by atoms with Gasteiger partial charge in [0.15, 0.2) is 0 Å². The van der Waals surface area contributed by atoms with Crippen LogP contribution in [0.3, 0.4) is 0 Å². The molecule has 1 aromatic rings. The van der Waals surface area contributed by atoms with E-state index in [2.05, 4.69) is 0 Å². The van der Waals surface area contributed by atoms with Crippen LogP contribution in [0.1, 0.15) is 23.6 Å². The molecule has 1 aromatic carbocycles. The third-order valence-electron chi connectivity index (χ3n) is 2.17. The van der Waals surface area contributed by atoms with Crippen molar-refractivity contribution in [2.45, 2.75) is 27.2 Å². The van der Waals surface area contributed by atoms with E-state index in [9.17, 15) is 4.39 Å². The molecule has 0 amide bonds. The average molecular weight is 162 g/mol. The molecule has 2 heteroatoms. The Bertz CT molecular complexity index is 305. The van der Waals surface area contributed by atoms with Gasteiger partial charge in [0.2, 0.25) is 0 Å². The van der Waals surface area contributed by atoms with Gasteiger partial charge in [-0.05, 0) is 37.0 Å². The summed E-state index contributed by atoms with van der Waals surface area (Å²) >= 11 is 0. The quantitative estimate of drug-likeness (QED) is 0.552. The molecule has 0 aliphatic heterocycles. The van der Waals surface area contributed by atoms with Gasteiger partial charge in [0.25, 0.3) is 0 Å². The van der Waals surface area contributed by atoms with Crippen LogP contribution < -0.4 is 5.46 Å². The summed E-state index contributed by atoms with van der Waals surface area (Å²) in [6.45, 7) is 5.67. The minimum absolute atomic E-state index is 0.266. The second-order valence-electron chi connectivity index (χ2n) is 3.07. The number of rotatable bonds is 1. The standard InChI is InChI=1S/C10H12BF/c1-4-8-6(2)5-7(3)10(12)9(8)11/h5H,4H2,1-3H3. The molecule has 1 rings (SSSR count). The van der Waals surface area contributed by atoms with E-state index in [0.717, 1.165) is 17.5 Å². The van der Waals surface area contributed by atoms with Crippen molar-refractivity contribution in [3.63, 3.8) is 0 Å². The summed E-state index contributed by atoms with van der Waals surface area (Å²) in [6, 6.07) is 1.84. The monoisotopic (exact) mass is 162 g/mol. The first-order chi connectivity index (χ1) is 5.57. The maximum atomic E-state index is 13.2. The lowest BCUT2D eigenvalue weighted by atomic mass is 9.84. The molecular weight excluding hydrogens is 150 g/mol. The molecule has 0 aliphatic rings. The zero-order chi connectivity index (χ0) is 9.30. The first kappa shape index (κ1) is 9.30. The van der Waals surface area contributed by atoms with Crippen LogP contribution in [0, 0.1) is 19.7 Å². The summed E-state index contributed by atoms with van der Waals surface area (Å²) in [5.74, 6) is -0.266. The van der Waals surface area contributed by atoms with Gasteiger partial charge in [-0.15, -0.1) is 0 Å². The van der Waals surface area contributed by atoms with E-state index in [1.54, 1.807) is 6.92 Å². The third-order valence-corrected chi connectivity index (χ3v) is 2.17. The highest BCUT2D eigenvalue weighted by atomic mass is 19.1. The lowest BCUT2D eigenvalue weighted by Gasteiger charge is -2.10. The van der Waals surface area contributed by atoms with Crippen molar-refractivity contribution in [3.05, 3.63) is 28.6 Å². The molecular formula is C10H12BF. The van der Waals surface area contributed by atoms with Gasteiger partial charge in [-0.2, -0.15) is 0 Å². The summed E-state index contributed by atoms with van der Waals surface area (Å²) in [5, 5.41) is 0. The first-order valence-electron chi connectivity index (χ1n) is 4.12. The van der Waals surface area contributed by atoms with Crippen LogP contribution in [0.5, 0.6) is 0 Å². The Labute approximate surface area is 74.2 Å². The molecule has 12 heavy (non-hydrogen) atoms. The highest BCUT2D eigenvalue weighted by Gasteiger charge is 2.07. The molecule has 0 aliphatic carbocycles. The summed E-state index contributed by atoms with van der Waals surface area (Å²) < 4.78 is 13.2. The molecule has 62 valence electrons. The van der Waals surface area contributed by atoms with Crippen molar-refractivity contribution in [2.75, 3.05) is 0 Å². The second kappa shape index (κ2) is 3.30. The zero-order valence-corrected chi connectivity index (χ0v) is 7.74. The molecule has 0 saturated heterocycles. The average Bonchev–Trinajstić information content (AvgIpc) is 2.01. The van der Waals surface area contributed by atoms with E-state index < -0.39 is 0 Å². The Morgan fingerprint density at radius 3 is 2.42 bits per heavy atom. The van der Waals surface area contributed by atoms with E-state index >= 15 is 0 Å². The molecule has 0 atom stereocenters. The number of hydrogen-bond acceptors (Lipinski definition) is 0. The van der Waals surface area contributed by atoms with Gasteiger partial charge in [0.05, 0.1) is 0 Å². The van der Waals surface area contributed by atoms with Crippen LogP contribution in [-0.2, 0) is 6.42 Å². The molecule has 0 fully saturated rings. The Balaban J connectivity index is 3.40. The van der Waals surface area contributed by atoms with E-state index in [1.165, 1.54) is 0 Å². The van der Waals surface area contributed by atoms with Gasteiger partial charge in [-0.3, -0.25) is 0 Å². The highest BCUT2D eigenvalue weighted by Crippen LogP contribution is 2.11. The lowest BCUT2D eigenvalue weighted by Crippen LogP contribution is -2.17. The van der Waals surface area contributed by atoms with E-state index in [4.69, 9.17) is 7.85 Å². The van der Waals surface area contributed by atoms with Gasteiger partial charge in [0, 0.05) is 0 Å². The topological polar surface area (TPSA) is 0 Å². The smallest absolute Gasteiger partial charge is 0.119 e. The normalized spacial score (nSPS) is 10.3. The molecule has 0 spiro atoms. The largest absolute Gasteiger partial charge is 0.207 e. The second-order valence-corrected chi connectivity index (χ2v) is 3.07. The van der Waals surface area contributed by atoms with Crippen LogP contribution >= 0.6 is 0 Å². The lowest BCUT2D eigenvalue weighted by molar-refractivity contribution is 0.624. The van der Waals surface area contributed by atoms with E-state index in [-0.39, 0.29) is 5.82 Å². The van der Waals surface area contributed by atoms with Gasteiger partial charge in [-0.25, -0.2) is 4.39 Å². The van der Waals surface area contributed by atoms with Gasteiger partial charge in [0.1, 0.15) is 13.7 Å². The maximum absolute atomic E-state index is 13.2. The molecule has 0 aromatic heterocycles. The summed E-state index contributed by atoms with van der Waals surface area (Å²) in [5.41, 5.74) is 2.95. The number of halogens is 1. The predicted molar refractivity (Wildman–Crippen MR) is 50.6 cm³/mol. The van der Waals surface area contributed by atoms with Crippen LogP contribution in [0.2, 0.25) is 0 Å². The van der Waals surface area contributed by atoms with E-state index in [1.807, 2.05) is 19.9 Å². The maximum Gasteiger partial charge on any atom is 0.119 e. The minimum Gasteiger partial charge on any atom is -0.207 e. The Kier molecular flexibility index (Phi) is 2.56. The van der Waals surface area contributed by atoms with Crippen molar-refractivity contribution < 1.29 is 4.39 Å². The molecule has 0 N–H and O–H groups in total.